The molecule has 0 saturated heterocycles. The molecule has 0 bridgehead atoms. The zero-order chi connectivity index (χ0) is 14.0. The summed E-state index contributed by atoms with van der Waals surface area (Å²) in [7, 11) is 0. The zero-order valence-electron chi connectivity index (χ0n) is 10.2. The first-order chi connectivity index (χ1) is 8.91. The van der Waals surface area contributed by atoms with E-state index < -0.39 is 11.8 Å². The molecule has 0 atom stereocenters. The molecule has 2 rings (SSSR count). The van der Waals surface area contributed by atoms with Crippen LogP contribution >= 0.6 is 0 Å². The van der Waals surface area contributed by atoms with Crippen LogP contribution in [0, 0.1) is 0 Å². The topological polar surface area (TPSA) is 56.0 Å². The Labute approximate surface area is 109 Å². The summed E-state index contributed by atoms with van der Waals surface area (Å²) in [4.78, 5) is 15.1. The Morgan fingerprint density at radius 2 is 1.89 bits per heavy atom. The number of alkyl halides is 2. The van der Waals surface area contributed by atoms with Gasteiger partial charge < -0.3 is 5.73 Å². The summed E-state index contributed by atoms with van der Waals surface area (Å²) in [5.41, 5.74) is 5.86. The number of hydrogen-bond acceptors (Lipinski definition) is 2. The van der Waals surface area contributed by atoms with Gasteiger partial charge in [-0.3, -0.25) is 9.78 Å². The van der Waals surface area contributed by atoms with Gasteiger partial charge in [-0.25, -0.2) is 8.78 Å². The van der Waals surface area contributed by atoms with Gasteiger partial charge in [0.05, 0.1) is 5.56 Å². The standard InChI is InChI=1S/C14H12F2N2O/c1-14(15,16)12-5-3-2-4-10(12)9-6-7-18-8-11(9)13(17)19/h2-8H,1H3,(H2,17,19). The van der Waals surface area contributed by atoms with Crippen LogP contribution in [-0.4, -0.2) is 10.9 Å². The average Bonchev–Trinajstić information content (AvgIpc) is 2.37. The second-order valence-electron chi connectivity index (χ2n) is 4.22. The molecule has 0 aliphatic carbocycles. The summed E-state index contributed by atoms with van der Waals surface area (Å²) in [5.74, 6) is -3.70. The van der Waals surface area contributed by atoms with Crippen LogP contribution in [-0.2, 0) is 5.92 Å². The van der Waals surface area contributed by atoms with Crippen LogP contribution in [0.5, 0.6) is 0 Å². The van der Waals surface area contributed by atoms with E-state index in [1.165, 1.54) is 36.7 Å². The Hall–Kier alpha value is -2.30. The lowest BCUT2D eigenvalue weighted by molar-refractivity contribution is 0.0181. The SMILES string of the molecule is CC(F)(F)c1ccccc1-c1ccncc1C(N)=O. The van der Waals surface area contributed by atoms with E-state index >= 15 is 0 Å². The number of benzene rings is 1. The van der Waals surface area contributed by atoms with Crippen molar-refractivity contribution < 1.29 is 13.6 Å². The number of halogens is 2. The Morgan fingerprint density at radius 1 is 1.21 bits per heavy atom. The molecule has 0 fully saturated rings. The second-order valence-corrected chi connectivity index (χ2v) is 4.22. The van der Waals surface area contributed by atoms with Gasteiger partial charge in [-0.05, 0) is 17.2 Å². The molecule has 5 heteroatoms. The summed E-state index contributed by atoms with van der Waals surface area (Å²) in [6.07, 6.45) is 2.72. The molecular weight excluding hydrogens is 250 g/mol. The van der Waals surface area contributed by atoms with Gasteiger partial charge in [0.25, 0.3) is 11.8 Å². The number of carbonyl (C=O) groups excluding carboxylic acids is 1. The lowest BCUT2D eigenvalue weighted by Gasteiger charge is -2.17. The summed E-state index contributed by atoms with van der Waals surface area (Å²) < 4.78 is 27.2. The minimum atomic E-state index is -3.01. The molecule has 0 aliphatic rings. The van der Waals surface area contributed by atoms with Crippen molar-refractivity contribution in [3.63, 3.8) is 0 Å². The van der Waals surface area contributed by atoms with E-state index in [1.54, 1.807) is 6.07 Å². The molecule has 0 radical (unpaired) electrons. The van der Waals surface area contributed by atoms with Crippen molar-refractivity contribution in [2.24, 2.45) is 5.73 Å². The average molecular weight is 262 g/mol. The molecule has 0 spiro atoms. The summed E-state index contributed by atoms with van der Waals surface area (Å²) in [5, 5.41) is 0. The molecule has 98 valence electrons. The third-order valence-corrected chi connectivity index (χ3v) is 2.78. The minimum absolute atomic E-state index is 0.124. The van der Waals surface area contributed by atoms with Crippen molar-refractivity contribution in [2.45, 2.75) is 12.8 Å². The first kappa shape index (κ1) is 13.1. The molecule has 1 amide bonds. The predicted molar refractivity (Wildman–Crippen MR) is 67.8 cm³/mol. The van der Waals surface area contributed by atoms with E-state index in [1.807, 2.05) is 0 Å². The fourth-order valence-corrected chi connectivity index (χ4v) is 1.93. The predicted octanol–water partition coefficient (Wildman–Crippen LogP) is 2.96. The van der Waals surface area contributed by atoms with Crippen LogP contribution in [0.1, 0.15) is 22.8 Å². The molecule has 1 aromatic carbocycles. The number of nitrogens with two attached hydrogens (primary N) is 1. The maximum absolute atomic E-state index is 13.6. The number of nitrogens with zero attached hydrogens (tertiary/aromatic N) is 1. The maximum atomic E-state index is 13.6. The van der Waals surface area contributed by atoms with Gasteiger partial charge in [0.1, 0.15) is 0 Å². The smallest absolute Gasteiger partial charge is 0.271 e. The van der Waals surface area contributed by atoms with Gasteiger partial charge in [0.2, 0.25) is 0 Å². The van der Waals surface area contributed by atoms with Gasteiger partial charge in [0.15, 0.2) is 0 Å². The summed E-state index contributed by atoms with van der Waals surface area (Å²) in [6.45, 7) is 0.816. The molecule has 3 nitrogen and oxygen atoms in total. The first-order valence-electron chi connectivity index (χ1n) is 5.63. The fraction of sp³-hybridized carbons (Fsp3) is 0.143. The van der Waals surface area contributed by atoms with Crippen LogP contribution in [0.4, 0.5) is 8.78 Å². The van der Waals surface area contributed by atoms with E-state index in [-0.39, 0.29) is 16.7 Å². The molecule has 0 aliphatic heterocycles. The van der Waals surface area contributed by atoms with Gasteiger partial charge in [-0.2, -0.15) is 0 Å². The Bertz CT molecular complexity index is 621. The summed E-state index contributed by atoms with van der Waals surface area (Å²) in [6, 6.07) is 7.54. The molecular formula is C14H12F2N2O. The van der Waals surface area contributed by atoms with Crippen molar-refractivity contribution in [2.75, 3.05) is 0 Å². The van der Waals surface area contributed by atoms with Crippen LogP contribution in [0.2, 0.25) is 0 Å². The Balaban J connectivity index is 2.70. The largest absolute Gasteiger partial charge is 0.366 e. The molecule has 2 N–H and O–H groups in total. The van der Waals surface area contributed by atoms with Crippen molar-refractivity contribution in [3.05, 3.63) is 53.9 Å². The second kappa shape index (κ2) is 4.76. The van der Waals surface area contributed by atoms with Crippen LogP contribution < -0.4 is 5.73 Å². The van der Waals surface area contributed by atoms with Crippen LogP contribution in [0.25, 0.3) is 11.1 Å². The van der Waals surface area contributed by atoms with E-state index in [0.29, 0.717) is 5.56 Å². The number of aromatic nitrogens is 1. The van der Waals surface area contributed by atoms with E-state index in [2.05, 4.69) is 4.98 Å². The third-order valence-electron chi connectivity index (χ3n) is 2.78. The van der Waals surface area contributed by atoms with Gasteiger partial charge >= 0.3 is 0 Å². The molecule has 0 unspecified atom stereocenters. The van der Waals surface area contributed by atoms with Crippen molar-refractivity contribution in [3.8, 4) is 11.1 Å². The molecule has 1 heterocycles. The van der Waals surface area contributed by atoms with Gasteiger partial charge in [0, 0.05) is 24.9 Å². The number of pyridine rings is 1. The zero-order valence-corrected chi connectivity index (χ0v) is 10.2. The highest BCUT2D eigenvalue weighted by Crippen LogP contribution is 2.36. The van der Waals surface area contributed by atoms with Crippen molar-refractivity contribution >= 4 is 5.91 Å². The third kappa shape index (κ3) is 2.59. The molecule has 19 heavy (non-hydrogen) atoms. The van der Waals surface area contributed by atoms with Crippen molar-refractivity contribution in [1.82, 2.24) is 4.98 Å². The molecule has 2 aromatic rings. The maximum Gasteiger partial charge on any atom is 0.271 e. The lowest BCUT2D eigenvalue weighted by Crippen LogP contribution is -2.14. The highest BCUT2D eigenvalue weighted by molar-refractivity contribution is 5.99. The Kier molecular flexibility index (Phi) is 3.29. The Morgan fingerprint density at radius 3 is 2.53 bits per heavy atom. The number of carbonyl (C=O) groups is 1. The quantitative estimate of drug-likeness (QED) is 0.924. The number of amides is 1. The van der Waals surface area contributed by atoms with E-state index in [4.69, 9.17) is 5.73 Å². The highest BCUT2D eigenvalue weighted by atomic mass is 19.3. The molecule has 0 saturated carbocycles. The van der Waals surface area contributed by atoms with Gasteiger partial charge in [-0.1, -0.05) is 24.3 Å². The van der Waals surface area contributed by atoms with E-state index in [9.17, 15) is 13.6 Å². The van der Waals surface area contributed by atoms with E-state index in [0.717, 1.165) is 6.92 Å². The number of rotatable bonds is 3. The van der Waals surface area contributed by atoms with Crippen molar-refractivity contribution in [1.29, 1.82) is 0 Å². The summed E-state index contributed by atoms with van der Waals surface area (Å²) >= 11 is 0. The number of primary amides is 1. The fourth-order valence-electron chi connectivity index (χ4n) is 1.93. The highest BCUT2D eigenvalue weighted by Gasteiger charge is 2.28. The minimum Gasteiger partial charge on any atom is -0.366 e. The monoisotopic (exact) mass is 262 g/mol. The van der Waals surface area contributed by atoms with Crippen LogP contribution in [0.3, 0.4) is 0 Å². The lowest BCUT2D eigenvalue weighted by atomic mass is 9.94. The normalized spacial score (nSPS) is 11.3. The number of hydrogen-bond donors (Lipinski definition) is 1. The van der Waals surface area contributed by atoms with Crippen LogP contribution in [0.15, 0.2) is 42.7 Å². The first-order valence-corrected chi connectivity index (χ1v) is 5.63. The van der Waals surface area contributed by atoms with Gasteiger partial charge in [-0.15, -0.1) is 0 Å². The molecule has 1 aromatic heterocycles.